The van der Waals surface area contributed by atoms with E-state index in [1.165, 1.54) is 12.1 Å². The topological polar surface area (TPSA) is 29.3 Å². The van der Waals surface area contributed by atoms with Crippen molar-refractivity contribution in [3.63, 3.8) is 0 Å². The maximum Gasteiger partial charge on any atom is 0.145 e. The Bertz CT molecular complexity index is 489. The molecule has 0 aliphatic carbocycles. The SMILES string of the molecule is CCC(C)(C(N)c1c(F)ccc(Br)c1F)N1CCCC1. The van der Waals surface area contributed by atoms with E-state index in [-0.39, 0.29) is 10.0 Å². The number of rotatable bonds is 4. The lowest BCUT2D eigenvalue weighted by atomic mass is 9.83. The van der Waals surface area contributed by atoms with E-state index in [0.29, 0.717) is 0 Å². The van der Waals surface area contributed by atoms with Gasteiger partial charge < -0.3 is 5.73 Å². The van der Waals surface area contributed by atoms with Gasteiger partial charge in [0.1, 0.15) is 11.6 Å². The van der Waals surface area contributed by atoms with E-state index in [1.807, 2.05) is 13.8 Å². The van der Waals surface area contributed by atoms with Crippen LogP contribution >= 0.6 is 15.9 Å². The lowest BCUT2D eigenvalue weighted by Crippen LogP contribution is -2.52. The molecule has 2 nitrogen and oxygen atoms in total. The van der Waals surface area contributed by atoms with Crippen LogP contribution in [0.5, 0.6) is 0 Å². The molecular weight excluding hydrogens is 326 g/mol. The summed E-state index contributed by atoms with van der Waals surface area (Å²) in [5, 5.41) is 0. The van der Waals surface area contributed by atoms with Crippen molar-refractivity contribution in [2.75, 3.05) is 13.1 Å². The molecule has 1 aliphatic heterocycles. The minimum Gasteiger partial charge on any atom is -0.322 e. The Morgan fingerprint density at radius 3 is 2.50 bits per heavy atom. The van der Waals surface area contributed by atoms with Gasteiger partial charge in [0.2, 0.25) is 0 Å². The van der Waals surface area contributed by atoms with Crippen LogP contribution < -0.4 is 5.73 Å². The van der Waals surface area contributed by atoms with Crippen molar-refractivity contribution >= 4 is 15.9 Å². The Morgan fingerprint density at radius 2 is 1.95 bits per heavy atom. The highest BCUT2D eigenvalue weighted by atomic mass is 79.9. The van der Waals surface area contributed by atoms with Crippen molar-refractivity contribution < 1.29 is 8.78 Å². The fourth-order valence-electron chi connectivity index (χ4n) is 3.01. The molecule has 0 amide bonds. The average Bonchev–Trinajstić information content (AvgIpc) is 2.97. The highest BCUT2D eigenvalue weighted by Gasteiger charge is 2.40. The normalized spacial score (nSPS) is 20.9. The highest BCUT2D eigenvalue weighted by molar-refractivity contribution is 9.10. The van der Waals surface area contributed by atoms with E-state index in [2.05, 4.69) is 20.8 Å². The van der Waals surface area contributed by atoms with Crippen molar-refractivity contribution in [2.24, 2.45) is 5.73 Å². The van der Waals surface area contributed by atoms with Crippen LogP contribution in [0.2, 0.25) is 0 Å². The molecule has 2 N–H and O–H groups in total. The Labute approximate surface area is 127 Å². The number of hydrogen-bond acceptors (Lipinski definition) is 2. The first-order chi connectivity index (χ1) is 9.41. The van der Waals surface area contributed by atoms with Crippen LogP contribution in [-0.4, -0.2) is 23.5 Å². The summed E-state index contributed by atoms with van der Waals surface area (Å²) in [6.45, 7) is 5.90. The van der Waals surface area contributed by atoms with Gasteiger partial charge in [0.25, 0.3) is 0 Å². The predicted octanol–water partition coefficient (Wildman–Crippen LogP) is 3.99. The zero-order chi connectivity index (χ0) is 14.9. The summed E-state index contributed by atoms with van der Waals surface area (Å²) in [7, 11) is 0. The van der Waals surface area contributed by atoms with Crippen molar-refractivity contribution in [1.29, 1.82) is 0 Å². The number of hydrogen-bond donors (Lipinski definition) is 1. The van der Waals surface area contributed by atoms with Gasteiger partial charge in [-0.15, -0.1) is 0 Å². The van der Waals surface area contributed by atoms with Crippen LogP contribution in [0.1, 0.15) is 44.7 Å². The predicted molar refractivity (Wildman–Crippen MR) is 80.5 cm³/mol. The van der Waals surface area contributed by atoms with E-state index in [1.54, 1.807) is 0 Å². The van der Waals surface area contributed by atoms with Crippen LogP contribution in [0.25, 0.3) is 0 Å². The van der Waals surface area contributed by atoms with Gasteiger partial charge >= 0.3 is 0 Å². The molecule has 1 heterocycles. The van der Waals surface area contributed by atoms with Crippen LogP contribution in [0, 0.1) is 11.6 Å². The van der Waals surface area contributed by atoms with Crippen molar-refractivity contribution in [2.45, 2.75) is 44.7 Å². The summed E-state index contributed by atoms with van der Waals surface area (Å²) in [6, 6.07) is 1.95. The second-order valence-electron chi connectivity index (χ2n) is 5.64. The Balaban J connectivity index is 2.43. The third-order valence-corrected chi connectivity index (χ3v) is 5.22. The summed E-state index contributed by atoms with van der Waals surface area (Å²) in [4.78, 5) is 2.26. The van der Waals surface area contributed by atoms with Crippen molar-refractivity contribution in [3.05, 3.63) is 33.8 Å². The molecule has 1 aliphatic rings. The lowest BCUT2D eigenvalue weighted by Gasteiger charge is -2.43. The molecule has 0 spiro atoms. The summed E-state index contributed by atoms with van der Waals surface area (Å²) < 4.78 is 28.6. The zero-order valence-corrected chi connectivity index (χ0v) is 13.5. The smallest absolute Gasteiger partial charge is 0.145 e. The molecule has 1 saturated heterocycles. The fraction of sp³-hybridized carbons (Fsp3) is 0.600. The molecule has 20 heavy (non-hydrogen) atoms. The molecule has 5 heteroatoms. The first kappa shape index (κ1) is 15.9. The molecule has 0 bridgehead atoms. The molecule has 2 atom stereocenters. The summed E-state index contributed by atoms with van der Waals surface area (Å²) in [5.41, 5.74) is 5.84. The molecule has 112 valence electrons. The summed E-state index contributed by atoms with van der Waals surface area (Å²) in [5.74, 6) is -1.16. The number of nitrogens with zero attached hydrogens (tertiary/aromatic N) is 1. The van der Waals surface area contributed by atoms with Gasteiger partial charge in [-0.3, -0.25) is 4.90 Å². The van der Waals surface area contributed by atoms with Gasteiger partial charge in [0.15, 0.2) is 0 Å². The van der Waals surface area contributed by atoms with Gasteiger partial charge in [-0.2, -0.15) is 0 Å². The quantitative estimate of drug-likeness (QED) is 0.835. The number of halogens is 3. The van der Waals surface area contributed by atoms with E-state index in [4.69, 9.17) is 5.73 Å². The standard InChI is InChI=1S/C15H21BrF2N2/c1-3-15(2,20-8-4-5-9-20)14(19)12-11(17)7-6-10(16)13(12)18/h6-7,14H,3-5,8-9,19H2,1-2H3. The third-order valence-electron chi connectivity index (χ3n) is 4.60. The fourth-order valence-corrected chi connectivity index (χ4v) is 3.35. The molecule has 2 rings (SSSR count). The molecule has 1 aromatic carbocycles. The second kappa shape index (κ2) is 6.08. The summed E-state index contributed by atoms with van der Waals surface area (Å²) in [6.07, 6.45) is 2.98. The summed E-state index contributed by atoms with van der Waals surface area (Å²) >= 11 is 3.11. The minimum absolute atomic E-state index is 0.0179. The lowest BCUT2D eigenvalue weighted by molar-refractivity contribution is 0.0970. The molecule has 1 fully saturated rings. The maximum atomic E-state index is 14.3. The zero-order valence-electron chi connectivity index (χ0n) is 11.9. The minimum atomic E-state index is -0.692. The Kier molecular flexibility index (Phi) is 4.82. The van der Waals surface area contributed by atoms with Gasteiger partial charge in [-0.25, -0.2) is 8.78 Å². The van der Waals surface area contributed by atoms with Crippen LogP contribution in [0.3, 0.4) is 0 Å². The van der Waals surface area contributed by atoms with Crippen molar-refractivity contribution in [1.82, 2.24) is 4.90 Å². The average molecular weight is 347 g/mol. The van der Waals surface area contributed by atoms with E-state index in [9.17, 15) is 8.78 Å². The first-order valence-corrected chi connectivity index (χ1v) is 7.85. The number of nitrogens with two attached hydrogens (primary N) is 1. The molecule has 2 unspecified atom stereocenters. The molecular formula is C15H21BrF2N2. The first-order valence-electron chi connectivity index (χ1n) is 7.06. The Morgan fingerprint density at radius 1 is 1.35 bits per heavy atom. The van der Waals surface area contributed by atoms with Crippen molar-refractivity contribution in [3.8, 4) is 0 Å². The molecule has 0 aromatic heterocycles. The van der Waals surface area contributed by atoms with E-state index < -0.39 is 23.2 Å². The molecule has 0 saturated carbocycles. The monoisotopic (exact) mass is 346 g/mol. The number of benzene rings is 1. The second-order valence-corrected chi connectivity index (χ2v) is 6.49. The van der Waals surface area contributed by atoms with Gasteiger partial charge in [-0.1, -0.05) is 6.92 Å². The molecule has 1 aromatic rings. The maximum absolute atomic E-state index is 14.3. The third kappa shape index (κ3) is 2.63. The van der Waals surface area contributed by atoms with Gasteiger partial charge in [0.05, 0.1) is 10.5 Å². The highest BCUT2D eigenvalue weighted by Crippen LogP contribution is 2.38. The van der Waals surface area contributed by atoms with Crippen LogP contribution in [-0.2, 0) is 0 Å². The van der Waals surface area contributed by atoms with E-state index in [0.717, 1.165) is 32.4 Å². The number of likely N-dealkylation sites (tertiary alicyclic amines) is 1. The largest absolute Gasteiger partial charge is 0.322 e. The van der Waals surface area contributed by atoms with Gasteiger partial charge in [0, 0.05) is 11.1 Å². The molecule has 0 radical (unpaired) electrons. The van der Waals surface area contributed by atoms with Gasteiger partial charge in [-0.05, 0) is 67.3 Å². The Hall–Kier alpha value is -0.520. The van der Waals surface area contributed by atoms with Crippen LogP contribution in [0.4, 0.5) is 8.78 Å². The van der Waals surface area contributed by atoms with Crippen LogP contribution in [0.15, 0.2) is 16.6 Å². The van der Waals surface area contributed by atoms with E-state index >= 15 is 0 Å².